The van der Waals surface area contributed by atoms with Crippen molar-refractivity contribution in [3.05, 3.63) is 0 Å². The Morgan fingerprint density at radius 3 is 1.25 bits per heavy atom. The third kappa shape index (κ3) is 8.85. The summed E-state index contributed by atoms with van der Waals surface area (Å²) in [4.78, 5) is 0. The van der Waals surface area contributed by atoms with E-state index in [1.54, 1.807) is 0 Å². The first-order valence-electron chi connectivity index (χ1n) is 0.333. The monoisotopic (exact) mass is 351 g/mol. The van der Waals surface area contributed by atoms with E-state index in [1.807, 2.05) is 0 Å². The van der Waals surface area contributed by atoms with Crippen LogP contribution in [0.3, 0.4) is 0 Å². The van der Waals surface area contributed by atoms with E-state index in [-0.39, 0.29) is 32.1 Å². The maximum absolute atomic E-state index is 2.92. The molecule has 0 aliphatic carbocycles. The summed E-state index contributed by atoms with van der Waals surface area (Å²) >= 11 is 5.83. The van der Waals surface area contributed by atoms with Crippen molar-refractivity contribution in [3.8, 4) is 0 Å². The fraction of sp³-hybridized carbons (Fsp3) is 0. The second kappa shape index (κ2) is 9.01. The van der Waals surface area contributed by atoms with Crippen LogP contribution in [0.2, 0.25) is 0 Å². The Kier molecular flexibility index (Phi) is 21.6. The molecule has 0 rings (SSSR count). The molecule has 19 valence electrons. The van der Waals surface area contributed by atoms with E-state index in [0.717, 1.165) is 0 Å². The Bertz CT molecular complexity index is 27.0. The second-order valence-electron chi connectivity index (χ2n) is 0.0680. The van der Waals surface area contributed by atoms with E-state index in [2.05, 4.69) is 25.6 Å². The average molecular weight is 349 g/mol. The SMILES string of the molecule is [Li].[Se]=[W]=[Se]. The van der Waals surface area contributed by atoms with E-state index in [4.69, 9.17) is 0 Å². The Labute approximate surface area is 56.9 Å². The fourth-order valence-electron chi connectivity index (χ4n) is 0. The van der Waals surface area contributed by atoms with Gasteiger partial charge >= 0.3 is 38.9 Å². The topological polar surface area (TPSA) is 0 Å². The van der Waals surface area contributed by atoms with Gasteiger partial charge in [0, 0.05) is 18.9 Å². The Hall–Kier alpha value is 2.32. The summed E-state index contributed by atoms with van der Waals surface area (Å²) in [5, 5.41) is 0. The van der Waals surface area contributed by atoms with Crippen LogP contribution in [0.5, 0.6) is 0 Å². The van der Waals surface area contributed by atoms with Gasteiger partial charge in [0.05, 0.1) is 0 Å². The van der Waals surface area contributed by atoms with Crippen molar-refractivity contribution in [2.75, 3.05) is 0 Å². The molecule has 0 heterocycles. The van der Waals surface area contributed by atoms with Crippen LogP contribution in [0.25, 0.3) is 0 Å². The van der Waals surface area contributed by atoms with Gasteiger partial charge in [0.25, 0.3) is 0 Å². The van der Waals surface area contributed by atoms with E-state index in [0.29, 0.717) is 0 Å². The van der Waals surface area contributed by atoms with Crippen molar-refractivity contribution in [1.29, 1.82) is 0 Å². The molecule has 4 heavy (non-hydrogen) atoms. The van der Waals surface area contributed by atoms with Crippen LogP contribution >= 0.6 is 0 Å². The molecule has 0 spiro atoms. The molecule has 0 N–H and O–H groups in total. The molecule has 0 unspecified atom stereocenters. The van der Waals surface area contributed by atoms with Crippen molar-refractivity contribution < 1.29 is 13.3 Å². The third-order valence-electron chi connectivity index (χ3n) is 0. The fourth-order valence-corrected chi connectivity index (χ4v) is 0. The molecule has 0 aliphatic heterocycles. The first-order valence-corrected chi connectivity index (χ1v) is 14.2. The van der Waals surface area contributed by atoms with Gasteiger partial charge in [-0.15, -0.1) is 0 Å². The third-order valence-corrected chi connectivity index (χ3v) is 0. The Balaban J connectivity index is 0. The quantitative estimate of drug-likeness (QED) is 0.485. The molecular formula is LiSe2W. The molecule has 0 nitrogen and oxygen atoms in total. The molecule has 0 saturated heterocycles. The zero-order chi connectivity index (χ0) is 2.71. The second-order valence-corrected chi connectivity index (χ2v) is 15.0. The molecule has 0 atom stereocenters. The molecule has 0 amide bonds. The van der Waals surface area contributed by atoms with Crippen LogP contribution in [-0.2, 0) is 13.3 Å². The predicted octanol–water partition coefficient (Wildman–Crippen LogP) is -1.14. The molecule has 0 saturated carbocycles. The van der Waals surface area contributed by atoms with Gasteiger partial charge in [0.15, 0.2) is 0 Å². The molecule has 0 aromatic carbocycles. The first-order chi connectivity index (χ1) is 1.41. The first kappa shape index (κ1) is 9.59. The van der Waals surface area contributed by atoms with E-state index in [9.17, 15) is 0 Å². The average Bonchev–Trinajstić information content (AvgIpc) is 0.918. The summed E-state index contributed by atoms with van der Waals surface area (Å²) in [6.07, 6.45) is 0. The summed E-state index contributed by atoms with van der Waals surface area (Å²) in [5.74, 6) is 0. The number of hydrogen-bond acceptors (Lipinski definition) is 0. The zero-order valence-corrected chi connectivity index (χ0v) is 8.58. The van der Waals surface area contributed by atoms with Crippen LogP contribution in [-0.4, -0.2) is 44.5 Å². The molecule has 0 aromatic rings. The van der Waals surface area contributed by atoms with Gasteiger partial charge in [0.2, 0.25) is 0 Å². The molecule has 0 aromatic heterocycles. The van der Waals surface area contributed by atoms with Gasteiger partial charge in [0.1, 0.15) is 0 Å². The summed E-state index contributed by atoms with van der Waals surface area (Å²) in [6, 6.07) is 0. The number of rotatable bonds is 0. The summed E-state index contributed by atoms with van der Waals surface area (Å²) in [5.41, 5.74) is 0. The van der Waals surface area contributed by atoms with Crippen molar-refractivity contribution >= 4 is 44.5 Å². The van der Waals surface area contributed by atoms with Crippen molar-refractivity contribution in [2.45, 2.75) is 0 Å². The van der Waals surface area contributed by atoms with Crippen LogP contribution in [0.4, 0.5) is 0 Å². The van der Waals surface area contributed by atoms with Crippen LogP contribution in [0, 0.1) is 0 Å². The van der Waals surface area contributed by atoms with Gasteiger partial charge in [-0.25, -0.2) is 0 Å². The minimum absolute atomic E-state index is 0. The van der Waals surface area contributed by atoms with Gasteiger partial charge in [-0.1, -0.05) is 0 Å². The Morgan fingerprint density at radius 1 is 1.25 bits per heavy atom. The van der Waals surface area contributed by atoms with Gasteiger partial charge in [-0.3, -0.25) is 0 Å². The number of hydrogen-bond donors (Lipinski definition) is 0. The van der Waals surface area contributed by atoms with Crippen LogP contribution in [0.1, 0.15) is 0 Å². The minimum atomic E-state index is -0.000000000000000111. The van der Waals surface area contributed by atoms with E-state index >= 15 is 0 Å². The van der Waals surface area contributed by atoms with Crippen molar-refractivity contribution in [2.24, 2.45) is 0 Å². The molecule has 4 heteroatoms. The Morgan fingerprint density at radius 2 is 1.25 bits per heavy atom. The van der Waals surface area contributed by atoms with Gasteiger partial charge < -0.3 is 0 Å². The summed E-state index contributed by atoms with van der Waals surface area (Å²) in [6.45, 7) is 0. The van der Waals surface area contributed by atoms with E-state index < -0.39 is 0 Å². The van der Waals surface area contributed by atoms with Crippen LogP contribution in [0.15, 0.2) is 0 Å². The normalized spacial score (nSPS) is 3.00. The molecule has 0 fully saturated rings. The van der Waals surface area contributed by atoms with E-state index in [1.165, 1.54) is 0 Å². The maximum atomic E-state index is 2.92. The van der Waals surface area contributed by atoms with Crippen LogP contribution < -0.4 is 0 Å². The summed E-state index contributed by atoms with van der Waals surface area (Å²) in [7, 11) is 0. The van der Waals surface area contributed by atoms with Crippen molar-refractivity contribution in [1.82, 2.24) is 0 Å². The van der Waals surface area contributed by atoms with Gasteiger partial charge in [-0.2, -0.15) is 0 Å². The molecular weight excluding hydrogens is 349 g/mol. The molecule has 0 bridgehead atoms. The van der Waals surface area contributed by atoms with Gasteiger partial charge in [-0.05, 0) is 0 Å². The molecule has 1 radical (unpaired) electrons. The molecule has 0 aliphatic rings. The van der Waals surface area contributed by atoms with Crippen molar-refractivity contribution in [3.63, 3.8) is 0 Å². The standard InChI is InChI=1S/Li.2Se.W. The zero-order valence-electron chi connectivity index (χ0n) is 2.22. The predicted molar refractivity (Wildman–Crippen MR) is 17.3 cm³/mol. The summed E-state index contributed by atoms with van der Waals surface area (Å²) < 4.78 is 0.